The minimum Gasteiger partial charge on any atom is -0.457 e. The van der Waals surface area contributed by atoms with Crippen LogP contribution in [0.4, 0.5) is 0 Å². The summed E-state index contributed by atoms with van der Waals surface area (Å²) in [6.45, 7) is 8.28. The lowest BCUT2D eigenvalue weighted by molar-refractivity contribution is 0.00578. The summed E-state index contributed by atoms with van der Waals surface area (Å²) >= 11 is 0. The lowest BCUT2D eigenvalue weighted by Gasteiger charge is -2.39. The maximum atomic E-state index is 9.86. The molecule has 1 fully saturated rings. The topological polar surface area (TPSA) is 51.5 Å². The molecule has 0 aromatic heterocycles. The Morgan fingerprint density at radius 3 is 2.15 bits per heavy atom. The van der Waals surface area contributed by atoms with E-state index >= 15 is 0 Å². The van der Waals surface area contributed by atoms with Gasteiger partial charge in [-0.15, -0.1) is 0 Å². The van der Waals surface area contributed by atoms with Crippen molar-refractivity contribution in [3.8, 4) is 28.7 Å². The molecule has 2 aliphatic heterocycles. The number of hydrogen-bond acceptors (Lipinski definition) is 4. The van der Waals surface area contributed by atoms with E-state index in [1.165, 1.54) is 21.9 Å². The first-order valence-corrected chi connectivity index (χ1v) is 14.1. The highest BCUT2D eigenvalue weighted by atomic mass is 16.7. The molecule has 1 atom stereocenters. The zero-order valence-corrected chi connectivity index (χ0v) is 23.5. The second kappa shape index (κ2) is 8.10. The minimum atomic E-state index is -0.610. The van der Waals surface area contributed by atoms with Crippen LogP contribution in [-0.2, 0) is 14.7 Å². The number of fused-ring (bicyclic) bond motifs is 11. The maximum Gasteiger partial charge on any atom is 0.494 e. The molecule has 198 valence electrons. The van der Waals surface area contributed by atoms with Gasteiger partial charge in [-0.1, -0.05) is 72.8 Å². The number of hydrogen-bond donors (Lipinski definition) is 0. The summed E-state index contributed by atoms with van der Waals surface area (Å²) < 4.78 is 19.5. The summed E-state index contributed by atoms with van der Waals surface area (Å²) in [7, 11) is -0.493. The molecule has 0 bridgehead atoms. The molecule has 1 aliphatic carbocycles. The molecule has 1 unspecified atom stereocenters. The van der Waals surface area contributed by atoms with Crippen molar-refractivity contribution in [3.05, 3.63) is 125 Å². The van der Waals surface area contributed by atoms with E-state index in [9.17, 15) is 5.26 Å². The average molecular weight is 533 g/mol. The van der Waals surface area contributed by atoms with Crippen LogP contribution in [0.3, 0.4) is 0 Å². The molecule has 0 radical (unpaired) electrons. The van der Waals surface area contributed by atoms with E-state index in [2.05, 4.69) is 107 Å². The number of nitriles is 1. The van der Waals surface area contributed by atoms with Gasteiger partial charge >= 0.3 is 7.12 Å². The first-order valence-electron chi connectivity index (χ1n) is 14.1. The van der Waals surface area contributed by atoms with Crippen LogP contribution in [0, 0.1) is 11.3 Å². The van der Waals surface area contributed by atoms with Gasteiger partial charge in [-0.25, -0.2) is 0 Å². The van der Waals surface area contributed by atoms with E-state index in [0.29, 0.717) is 5.56 Å². The number of para-hydroxylation sites is 1. The Labute approximate surface area is 240 Å². The first kappa shape index (κ1) is 24.4. The van der Waals surface area contributed by atoms with Crippen molar-refractivity contribution in [1.29, 1.82) is 5.26 Å². The quantitative estimate of drug-likeness (QED) is 0.205. The molecule has 5 aromatic carbocycles. The largest absolute Gasteiger partial charge is 0.494 e. The van der Waals surface area contributed by atoms with Crippen LogP contribution in [0.2, 0.25) is 0 Å². The van der Waals surface area contributed by atoms with Crippen molar-refractivity contribution in [1.82, 2.24) is 0 Å². The fourth-order valence-electron chi connectivity index (χ4n) is 6.94. The molecule has 0 N–H and O–H groups in total. The van der Waals surface area contributed by atoms with Gasteiger partial charge in [0.05, 0.1) is 28.2 Å². The van der Waals surface area contributed by atoms with Crippen molar-refractivity contribution < 1.29 is 14.0 Å². The van der Waals surface area contributed by atoms with Crippen molar-refractivity contribution >= 4 is 23.4 Å². The van der Waals surface area contributed by atoms with E-state index < -0.39 is 23.7 Å². The van der Waals surface area contributed by atoms with E-state index in [4.69, 9.17) is 14.0 Å². The third-order valence-corrected chi connectivity index (χ3v) is 9.60. The minimum absolute atomic E-state index is 0.439. The third-order valence-electron chi connectivity index (χ3n) is 9.60. The highest BCUT2D eigenvalue weighted by Crippen LogP contribution is 2.63. The van der Waals surface area contributed by atoms with Crippen LogP contribution >= 0.6 is 0 Å². The van der Waals surface area contributed by atoms with Crippen LogP contribution in [0.15, 0.2) is 97.1 Å². The van der Waals surface area contributed by atoms with Crippen LogP contribution in [-0.4, -0.2) is 18.3 Å². The van der Waals surface area contributed by atoms with Gasteiger partial charge in [0.2, 0.25) is 0 Å². The van der Waals surface area contributed by atoms with Crippen molar-refractivity contribution in [3.63, 3.8) is 0 Å². The van der Waals surface area contributed by atoms with Gasteiger partial charge in [0, 0.05) is 11.1 Å². The molecule has 5 aromatic rings. The number of benzene rings is 5. The van der Waals surface area contributed by atoms with Crippen LogP contribution in [0.5, 0.6) is 11.5 Å². The van der Waals surface area contributed by atoms with Crippen LogP contribution < -0.4 is 10.2 Å². The van der Waals surface area contributed by atoms with Crippen molar-refractivity contribution in [2.45, 2.75) is 44.3 Å². The molecule has 1 spiro atoms. The molecule has 41 heavy (non-hydrogen) atoms. The summed E-state index contributed by atoms with van der Waals surface area (Å²) in [5.74, 6) is 1.61. The Balaban J connectivity index is 1.44. The monoisotopic (exact) mass is 533 g/mol. The second-order valence-corrected chi connectivity index (χ2v) is 12.3. The zero-order valence-electron chi connectivity index (χ0n) is 23.5. The molecule has 5 heteroatoms. The lowest BCUT2D eigenvalue weighted by Crippen LogP contribution is -2.41. The van der Waals surface area contributed by atoms with Gasteiger partial charge in [-0.3, -0.25) is 0 Å². The van der Waals surface area contributed by atoms with Crippen LogP contribution in [0.25, 0.3) is 21.9 Å². The van der Waals surface area contributed by atoms with Gasteiger partial charge in [0.25, 0.3) is 0 Å². The Morgan fingerprint density at radius 1 is 0.659 bits per heavy atom. The van der Waals surface area contributed by atoms with Gasteiger partial charge in [0.1, 0.15) is 11.5 Å². The van der Waals surface area contributed by atoms with E-state index in [1.807, 2.05) is 24.3 Å². The molecular formula is C36H28BNO3. The zero-order chi connectivity index (χ0) is 28.1. The molecular weight excluding hydrogens is 505 g/mol. The molecule has 0 saturated carbocycles. The highest BCUT2D eigenvalue weighted by molar-refractivity contribution is 6.62. The summed E-state index contributed by atoms with van der Waals surface area (Å²) in [6.07, 6.45) is 0. The average Bonchev–Trinajstić information content (AvgIpc) is 3.39. The lowest BCUT2D eigenvalue weighted by atomic mass is 9.65. The van der Waals surface area contributed by atoms with Crippen LogP contribution in [0.1, 0.15) is 55.5 Å². The molecule has 4 nitrogen and oxygen atoms in total. The Morgan fingerprint density at radius 2 is 1.34 bits per heavy atom. The molecule has 1 saturated heterocycles. The fraction of sp³-hybridized carbons (Fsp3) is 0.194. The van der Waals surface area contributed by atoms with E-state index in [1.54, 1.807) is 0 Å². The van der Waals surface area contributed by atoms with E-state index in [-0.39, 0.29) is 0 Å². The first-order chi connectivity index (χ1) is 19.7. The van der Waals surface area contributed by atoms with Gasteiger partial charge in [-0.2, -0.15) is 5.26 Å². The summed E-state index contributed by atoms with van der Waals surface area (Å²) in [5, 5.41) is 12.2. The van der Waals surface area contributed by atoms with Crippen molar-refractivity contribution in [2.24, 2.45) is 0 Å². The van der Waals surface area contributed by atoms with Gasteiger partial charge < -0.3 is 14.0 Å². The third kappa shape index (κ3) is 3.12. The molecule has 0 amide bonds. The smallest absolute Gasteiger partial charge is 0.457 e. The Kier molecular flexibility index (Phi) is 4.83. The fourth-order valence-corrected chi connectivity index (χ4v) is 6.94. The molecule has 8 rings (SSSR count). The van der Waals surface area contributed by atoms with Gasteiger partial charge in [0.15, 0.2) is 0 Å². The summed E-state index contributed by atoms with van der Waals surface area (Å²) in [4.78, 5) is 0. The van der Waals surface area contributed by atoms with E-state index in [0.717, 1.165) is 39.2 Å². The predicted octanol–water partition coefficient (Wildman–Crippen LogP) is 7.48. The Bertz CT molecular complexity index is 1950. The van der Waals surface area contributed by atoms with Gasteiger partial charge in [-0.05, 0) is 90.4 Å². The molecule has 2 heterocycles. The maximum absolute atomic E-state index is 9.86. The summed E-state index contributed by atoms with van der Waals surface area (Å²) in [5.41, 5.74) is 6.86. The highest BCUT2D eigenvalue weighted by Gasteiger charge is 2.54. The standard InChI is InChI=1S/C36H28BNO3/c1-34(2)35(3,4)41-37(40-34)24-15-18-29-32(20-24)39-31-12-8-7-11-28(31)36(29)27-16-13-22(21-38)19-26(27)33-25-10-6-5-9-23(25)14-17-30(33)36/h5-20H,1-4H3. The normalized spacial score (nSPS) is 20.6. The van der Waals surface area contributed by atoms with Crippen molar-refractivity contribution in [2.75, 3.05) is 0 Å². The Hall–Kier alpha value is -4.37. The number of ether oxygens (including phenoxy) is 1. The predicted molar refractivity (Wildman–Crippen MR) is 162 cm³/mol. The SMILES string of the molecule is CC1(C)OB(c2ccc3c(c2)Oc2ccccc2C32c3ccc(C#N)cc3-c3c2ccc2ccccc32)OC1(C)C. The second-order valence-electron chi connectivity index (χ2n) is 12.3. The molecule has 3 aliphatic rings. The summed E-state index contributed by atoms with van der Waals surface area (Å²) in [6, 6.07) is 36.1. The number of rotatable bonds is 1. The number of nitrogens with zero attached hydrogens (tertiary/aromatic N) is 1.